The van der Waals surface area contributed by atoms with Crippen LogP contribution in [-0.4, -0.2) is 41.8 Å². The van der Waals surface area contributed by atoms with E-state index < -0.39 is 29.9 Å². The number of anilines is 1. The number of halogens is 2. The van der Waals surface area contributed by atoms with Crippen molar-refractivity contribution >= 4 is 57.4 Å². The van der Waals surface area contributed by atoms with Crippen LogP contribution in [0.1, 0.15) is 25.6 Å². The van der Waals surface area contributed by atoms with Gasteiger partial charge in [0.2, 0.25) is 5.91 Å². The molecule has 0 radical (unpaired) electrons. The van der Waals surface area contributed by atoms with E-state index in [1.807, 2.05) is 0 Å². The highest BCUT2D eigenvalue weighted by atomic mass is 35.5. The van der Waals surface area contributed by atoms with Crippen molar-refractivity contribution in [3.05, 3.63) is 42.6 Å². The molecule has 2 rings (SSSR count). The van der Waals surface area contributed by atoms with Gasteiger partial charge in [-0.15, -0.1) is 11.3 Å². The molecule has 9 nitrogen and oxygen atoms in total. The quantitative estimate of drug-likeness (QED) is 0.717. The zero-order chi connectivity index (χ0) is 20.3. The summed E-state index contributed by atoms with van der Waals surface area (Å²) in [6.07, 6.45) is 1.13. The van der Waals surface area contributed by atoms with Crippen LogP contribution in [0.2, 0.25) is 10.0 Å². The number of carbonyl (C=O) groups excluding carboxylic acids is 3. The van der Waals surface area contributed by atoms with E-state index in [2.05, 4.69) is 15.2 Å². The molecule has 0 spiro atoms. The van der Waals surface area contributed by atoms with Crippen LogP contribution >= 0.6 is 34.5 Å². The molecule has 0 unspecified atom stereocenters. The van der Waals surface area contributed by atoms with Gasteiger partial charge >= 0.3 is 11.9 Å². The van der Waals surface area contributed by atoms with Gasteiger partial charge in [-0.05, 0) is 12.5 Å². The van der Waals surface area contributed by atoms with Crippen molar-refractivity contribution in [2.75, 3.05) is 19.5 Å². The molecule has 12 heteroatoms. The maximum atomic E-state index is 12.3. The van der Waals surface area contributed by atoms with Crippen LogP contribution in [0.3, 0.4) is 0 Å². The molecule has 1 N–H and O–H groups in total. The van der Waals surface area contributed by atoms with Gasteiger partial charge in [-0.2, -0.15) is 5.10 Å². The van der Waals surface area contributed by atoms with E-state index in [-0.39, 0.29) is 25.5 Å². The molecule has 0 saturated heterocycles. The standard InChI is InChI=1S/C15H13Cl2N3O6S/c1-6-9(14(23)25-2)12(27-11(6)15(24)26-3)19-8(21)5-20-13(22)10(17)7(16)4-18-20/h4H,5H2,1-3H3,(H,19,21). The van der Waals surface area contributed by atoms with E-state index >= 15 is 0 Å². The summed E-state index contributed by atoms with van der Waals surface area (Å²) in [6.45, 7) is 1.04. The number of nitrogens with zero attached hydrogens (tertiary/aromatic N) is 2. The van der Waals surface area contributed by atoms with Crippen molar-refractivity contribution < 1.29 is 23.9 Å². The molecular weight excluding hydrogens is 421 g/mol. The highest BCUT2D eigenvalue weighted by Crippen LogP contribution is 2.34. The van der Waals surface area contributed by atoms with Gasteiger partial charge in [0, 0.05) is 0 Å². The van der Waals surface area contributed by atoms with Crippen LogP contribution < -0.4 is 10.9 Å². The summed E-state index contributed by atoms with van der Waals surface area (Å²) in [5.74, 6) is -2.07. The Hall–Kier alpha value is -2.43. The lowest BCUT2D eigenvalue weighted by Gasteiger charge is -2.07. The second-order valence-corrected chi connectivity index (χ2v) is 6.87. The Morgan fingerprint density at radius 1 is 1.22 bits per heavy atom. The van der Waals surface area contributed by atoms with E-state index in [1.165, 1.54) is 21.1 Å². The third kappa shape index (κ3) is 4.29. The molecule has 0 aliphatic rings. The number of hydrogen-bond donors (Lipinski definition) is 1. The summed E-state index contributed by atoms with van der Waals surface area (Å²) in [6, 6.07) is 0. The van der Waals surface area contributed by atoms with Crippen LogP contribution in [0.25, 0.3) is 0 Å². The molecule has 0 aliphatic carbocycles. The van der Waals surface area contributed by atoms with Crippen LogP contribution in [0, 0.1) is 6.92 Å². The molecule has 0 bridgehead atoms. The topological polar surface area (TPSA) is 117 Å². The number of nitrogens with one attached hydrogen (secondary N) is 1. The largest absolute Gasteiger partial charge is 0.465 e. The molecule has 0 saturated carbocycles. The van der Waals surface area contributed by atoms with E-state index in [0.29, 0.717) is 5.56 Å². The van der Waals surface area contributed by atoms with Gasteiger partial charge in [0.05, 0.1) is 31.0 Å². The first kappa shape index (κ1) is 20.9. The lowest BCUT2D eigenvalue weighted by molar-refractivity contribution is -0.117. The molecule has 1 amide bonds. The normalized spacial score (nSPS) is 10.4. The van der Waals surface area contributed by atoms with Gasteiger partial charge in [0.25, 0.3) is 5.56 Å². The zero-order valence-corrected chi connectivity index (χ0v) is 16.6. The van der Waals surface area contributed by atoms with Gasteiger partial charge in [0.1, 0.15) is 21.4 Å². The summed E-state index contributed by atoms with van der Waals surface area (Å²) >= 11 is 12.3. The predicted octanol–water partition coefficient (Wildman–Crippen LogP) is 2.13. The molecule has 2 aromatic rings. The first-order valence-corrected chi connectivity index (χ1v) is 8.79. The van der Waals surface area contributed by atoms with E-state index in [9.17, 15) is 19.2 Å². The fourth-order valence-electron chi connectivity index (χ4n) is 2.10. The summed E-state index contributed by atoms with van der Waals surface area (Å²) in [5.41, 5.74) is -0.422. The lowest BCUT2D eigenvalue weighted by Crippen LogP contribution is -2.30. The van der Waals surface area contributed by atoms with Crippen LogP contribution in [0.5, 0.6) is 0 Å². The van der Waals surface area contributed by atoms with Gasteiger partial charge in [-0.25, -0.2) is 14.3 Å². The van der Waals surface area contributed by atoms with E-state index in [0.717, 1.165) is 22.2 Å². The van der Waals surface area contributed by atoms with Crippen molar-refractivity contribution in [3.63, 3.8) is 0 Å². The first-order valence-electron chi connectivity index (χ1n) is 7.22. The van der Waals surface area contributed by atoms with Gasteiger partial charge in [-0.1, -0.05) is 23.2 Å². The molecule has 27 heavy (non-hydrogen) atoms. The molecule has 0 fully saturated rings. The van der Waals surface area contributed by atoms with Crippen molar-refractivity contribution in [3.8, 4) is 0 Å². The van der Waals surface area contributed by atoms with Crippen LogP contribution in [-0.2, 0) is 20.8 Å². The minimum Gasteiger partial charge on any atom is -0.465 e. The van der Waals surface area contributed by atoms with E-state index in [1.54, 1.807) is 0 Å². The van der Waals surface area contributed by atoms with Crippen molar-refractivity contribution in [2.24, 2.45) is 0 Å². The second-order valence-electron chi connectivity index (χ2n) is 5.06. The minimum absolute atomic E-state index is 0.0192. The smallest absolute Gasteiger partial charge is 0.348 e. The fraction of sp³-hybridized carbons (Fsp3) is 0.267. The number of hydrogen-bond acceptors (Lipinski definition) is 8. The average molecular weight is 434 g/mol. The average Bonchev–Trinajstić information content (AvgIpc) is 2.96. The van der Waals surface area contributed by atoms with Gasteiger partial charge < -0.3 is 14.8 Å². The summed E-state index contributed by atoms with van der Waals surface area (Å²) in [4.78, 5) is 48.3. The summed E-state index contributed by atoms with van der Waals surface area (Å²) < 4.78 is 10.2. The molecule has 144 valence electrons. The molecule has 0 aliphatic heterocycles. The van der Waals surface area contributed by atoms with Gasteiger partial charge in [0.15, 0.2) is 0 Å². The molecular formula is C15H13Cl2N3O6S. The third-order valence-electron chi connectivity index (χ3n) is 3.40. The number of thiophene rings is 1. The lowest BCUT2D eigenvalue weighted by atomic mass is 10.1. The fourth-order valence-corrected chi connectivity index (χ4v) is 3.50. The summed E-state index contributed by atoms with van der Waals surface area (Å²) in [7, 11) is 2.36. The van der Waals surface area contributed by atoms with Crippen molar-refractivity contribution in [1.82, 2.24) is 9.78 Å². The Morgan fingerprint density at radius 3 is 2.44 bits per heavy atom. The molecule has 2 heterocycles. The first-order chi connectivity index (χ1) is 12.7. The Kier molecular flexibility index (Phi) is 6.58. The Morgan fingerprint density at radius 2 is 1.85 bits per heavy atom. The maximum absolute atomic E-state index is 12.3. The van der Waals surface area contributed by atoms with Crippen molar-refractivity contribution in [2.45, 2.75) is 13.5 Å². The number of amides is 1. The molecule has 2 aromatic heterocycles. The van der Waals surface area contributed by atoms with Crippen molar-refractivity contribution in [1.29, 1.82) is 0 Å². The Balaban J connectivity index is 2.35. The second kappa shape index (κ2) is 8.51. The predicted molar refractivity (Wildman–Crippen MR) is 98.9 cm³/mol. The van der Waals surface area contributed by atoms with Gasteiger partial charge in [-0.3, -0.25) is 9.59 Å². The number of methoxy groups -OCH3 is 2. The Bertz CT molecular complexity index is 985. The van der Waals surface area contributed by atoms with Crippen LogP contribution in [0.4, 0.5) is 5.00 Å². The maximum Gasteiger partial charge on any atom is 0.348 e. The zero-order valence-electron chi connectivity index (χ0n) is 14.3. The minimum atomic E-state index is -0.745. The number of aromatic nitrogens is 2. The van der Waals surface area contributed by atoms with Crippen LogP contribution in [0.15, 0.2) is 11.0 Å². The number of rotatable bonds is 5. The number of esters is 2. The summed E-state index contributed by atoms with van der Waals surface area (Å²) in [5, 5.41) is 5.97. The molecule has 0 aromatic carbocycles. The monoisotopic (exact) mass is 433 g/mol. The molecule has 0 atom stereocenters. The van der Waals surface area contributed by atoms with E-state index in [4.69, 9.17) is 27.9 Å². The Labute approximate surface area is 166 Å². The third-order valence-corrected chi connectivity index (χ3v) is 5.33. The number of ether oxygens (including phenoxy) is 2. The SMILES string of the molecule is COC(=O)c1sc(NC(=O)Cn2ncc(Cl)c(Cl)c2=O)c(C(=O)OC)c1C. The number of carbonyl (C=O) groups is 3. The highest BCUT2D eigenvalue weighted by Gasteiger charge is 2.27. The highest BCUT2D eigenvalue weighted by molar-refractivity contribution is 7.18.